The van der Waals surface area contributed by atoms with Gasteiger partial charge >= 0.3 is 0 Å². The van der Waals surface area contributed by atoms with E-state index in [4.69, 9.17) is 0 Å². The normalized spacial score (nSPS) is 10.5. The predicted octanol–water partition coefficient (Wildman–Crippen LogP) is 3.37. The van der Waals surface area contributed by atoms with Crippen molar-refractivity contribution in [2.24, 2.45) is 5.92 Å². The maximum Gasteiger partial charge on any atom is 0.270 e. The maximum atomic E-state index is 10.6. The van der Waals surface area contributed by atoms with Gasteiger partial charge in [-0.3, -0.25) is 10.1 Å². The molecule has 0 saturated carbocycles. The Balaban J connectivity index is 0.00000144. The number of non-ortho nitro benzene ring substituents is 1. The van der Waals surface area contributed by atoms with Crippen molar-refractivity contribution in [1.29, 1.82) is 0 Å². The molecule has 0 bridgehead atoms. The highest BCUT2D eigenvalue weighted by atomic mass is 16.6. The van der Waals surface area contributed by atoms with Crippen LogP contribution < -0.4 is 6.15 Å². The monoisotopic (exact) mass is 235 g/mol. The average Bonchev–Trinajstić information content (AvgIpc) is 2.60. The van der Waals surface area contributed by atoms with E-state index in [0.29, 0.717) is 5.92 Å². The minimum atomic E-state index is -0.362. The Hall–Kier alpha value is -1.88. The lowest BCUT2D eigenvalue weighted by molar-refractivity contribution is -0.384. The van der Waals surface area contributed by atoms with Gasteiger partial charge < -0.3 is 10.7 Å². The first-order chi connectivity index (χ1) is 7.58. The van der Waals surface area contributed by atoms with E-state index in [-0.39, 0.29) is 16.8 Å². The van der Waals surface area contributed by atoms with Gasteiger partial charge in [-0.05, 0) is 18.1 Å². The van der Waals surface area contributed by atoms with Crippen LogP contribution in [0.5, 0.6) is 0 Å². The fraction of sp³-hybridized carbons (Fsp3) is 0.333. The fourth-order valence-electron chi connectivity index (χ4n) is 1.85. The van der Waals surface area contributed by atoms with Crippen molar-refractivity contribution < 1.29 is 4.92 Å². The summed E-state index contributed by atoms with van der Waals surface area (Å²) in [6, 6.07) is 6.91. The highest BCUT2D eigenvalue weighted by Gasteiger charge is 2.08. The molecule has 0 amide bonds. The molecule has 0 aliphatic carbocycles. The molecule has 0 aliphatic heterocycles. The second kappa shape index (κ2) is 4.97. The Morgan fingerprint density at radius 3 is 2.65 bits per heavy atom. The first-order valence-corrected chi connectivity index (χ1v) is 5.31. The molecule has 0 fully saturated rings. The third-order valence-corrected chi connectivity index (χ3v) is 2.53. The summed E-state index contributed by atoms with van der Waals surface area (Å²) < 4.78 is 2.13. The van der Waals surface area contributed by atoms with E-state index in [0.717, 1.165) is 17.4 Å². The summed E-state index contributed by atoms with van der Waals surface area (Å²) in [7, 11) is 0. The number of fused-ring (bicyclic) bond motifs is 1. The van der Waals surface area contributed by atoms with Crippen molar-refractivity contribution in [3.8, 4) is 0 Å². The van der Waals surface area contributed by atoms with Gasteiger partial charge in [0.1, 0.15) is 0 Å². The SMILES string of the molecule is CC(C)Cn1ccc2cc([N+](=O)[O-])ccc21.N. The summed E-state index contributed by atoms with van der Waals surface area (Å²) in [5.74, 6) is 0.561. The van der Waals surface area contributed by atoms with Crippen LogP contribution in [0.2, 0.25) is 0 Å². The van der Waals surface area contributed by atoms with Gasteiger partial charge in [0.05, 0.1) is 4.92 Å². The van der Waals surface area contributed by atoms with E-state index in [1.165, 1.54) is 0 Å². The first-order valence-electron chi connectivity index (χ1n) is 5.31. The van der Waals surface area contributed by atoms with Crippen LogP contribution in [0.25, 0.3) is 10.9 Å². The number of nitro groups is 1. The van der Waals surface area contributed by atoms with Crippen LogP contribution in [0.4, 0.5) is 5.69 Å². The summed E-state index contributed by atoms with van der Waals surface area (Å²) >= 11 is 0. The second-order valence-corrected chi connectivity index (χ2v) is 4.36. The topological polar surface area (TPSA) is 83.1 Å². The summed E-state index contributed by atoms with van der Waals surface area (Å²) in [6.07, 6.45) is 1.98. The number of rotatable bonds is 3. The van der Waals surface area contributed by atoms with Crippen LogP contribution in [0.1, 0.15) is 13.8 Å². The quantitative estimate of drug-likeness (QED) is 0.654. The average molecular weight is 235 g/mol. The lowest BCUT2D eigenvalue weighted by Crippen LogP contribution is -2.02. The summed E-state index contributed by atoms with van der Waals surface area (Å²) in [4.78, 5) is 10.3. The second-order valence-electron chi connectivity index (χ2n) is 4.36. The van der Waals surface area contributed by atoms with Crippen molar-refractivity contribution in [3.63, 3.8) is 0 Å². The van der Waals surface area contributed by atoms with Crippen molar-refractivity contribution in [2.45, 2.75) is 20.4 Å². The van der Waals surface area contributed by atoms with E-state index >= 15 is 0 Å². The van der Waals surface area contributed by atoms with E-state index in [9.17, 15) is 10.1 Å². The molecule has 0 aliphatic rings. The van der Waals surface area contributed by atoms with E-state index in [1.54, 1.807) is 12.1 Å². The van der Waals surface area contributed by atoms with Gasteiger partial charge in [0.15, 0.2) is 0 Å². The zero-order valence-electron chi connectivity index (χ0n) is 10.1. The van der Waals surface area contributed by atoms with Crippen LogP contribution in [-0.4, -0.2) is 9.49 Å². The Kier molecular flexibility index (Phi) is 3.85. The van der Waals surface area contributed by atoms with E-state index < -0.39 is 0 Å². The lowest BCUT2D eigenvalue weighted by atomic mass is 10.2. The van der Waals surface area contributed by atoms with Gasteiger partial charge in [0.25, 0.3) is 5.69 Å². The third-order valence-electron chi connectivity index (χ3n) is 2.53. The molecule has 2 aromatic rings. The minimum absolute atomic E-state index is 0. The number of hydrogen-bond acceptors (Lipinski definition) is 3. The third kappa shape index (κ3) is 2.62. The molecule has 17 heavy (non-hydrogen) atoms. The standard InChI is InChI=1S/C12H14N2O2.H3N/c1-9(2)8-13-6-5-10-7-11(14(15)16)3-4-12(10)13;/h3-7,9H,8H2,1-2H3;1H3. The molecule has 0 spiro atoms. The molecule has 1 aromatic heterocycles. The Bertz CT molecular complexity index is 532. The van der Waals surface area contributed by atoms with Crippen molar-refractivity contribution in [1.82, 2.24) is 10.7 Å². The van der Waals surface area contributed by atoms with Gasteiger partial charge in [-0.15, -0.1) is 0 Å². The molecule has 0 saturated heterocycles. The molecular formula is C12H17N3O2. The Morgan fingerprint density at radius 1 is 1.35 bits per heavy atom. The van der Waals surface area contributed by atoms with E-state index in [1.807, 2.05) is 18.3 Å². The molecule has 0 unspecified atom stereocenters. The number of nitrogens with zero attached hydrogens (tertiary/aromatic N) is 2. The summed E-state index contributed by atoms with van der Waals surface area (Å²) in [5.41, 5.74) is 1.20. The number of nitro benzene ring substituents is 1. The van der Waals surface area contributed by atoms with Crippen molar-refractivity contribution >= 4 is 16.6 Å². The molecule has 0 radical (unpaired) electrons. The minimum Gasteiger partial charge on any atom is -0.347 e. The van der Waals surface area contributed by atoms with Gasteiger partial charge in [-0.1, -0.05) is 13.8 Å². The zero-order chi connectivity index (χ0) is 11.7. The van der Waals surface area contributed by atoms with Crippen LogP contribution in [0.3, 0.4) is 0 Å². The van der Waals surface area contributed by atoms with Gasteiger partial charge in [0, 0.05) is 35.8 Å². The van der Waals surface area contributed by atoms with Crippen LogP contribution in [0.15, 0.2) is 30.5 Å². The number of hydrogen-bond donors (Lipinski definition) is 1. The molecule has 5 nitrogen and oxygen atoms in total. The first kappa shape index (κ1) is 13.2. The molecule has 3 N–H and O–H groups in total. The van der Waals surface area contributed by atoms with Gasteiger partial charge in [0.2, 0.25) is 0 Å². The number of benzene rings is 1. The zero-order valence-corrected chi connectivity index (χ0v) is 10.1. The van der Waals surface area contributed by atoms with Crippen LogP contribution in [-0.2, 0) is 6.54 Å². The van der Waals surface area contributed by atoms with Crippen molar-refractivity contribution in [2.75, 3.05) is 0 Å². The molecule has 5 heteroatoms. The lowest BCUT2D eigenvalue weighted by Gasteiger charge is -2.07. The maximum absolute atomic E-state index is 10.6. The fourth-order valence-corrected chi connectivity index (χ4v) is 1.85. The van der Waals surface area contributed by atoms with Gasteiger partial charge in [-0.2, -0.15) is 0 Å². The predicted molar refractivity (Wildman–Crippen MR) is 68.5 cm³/mol. The Morgan fingerprint density at radius 2 is 2.06 bits per heavy atom. The molecule has 1 aromatic carbocycles. The van der Waals surface area contributed by atoms with Crippen molar-refractivity contribution in [3.05, 3.63) is 40.6 Å². The Labute approximate surface area is 99.8 Å². The highest BCUT2D eigenvalue weighted by molar-refractivity contribution is 5.82. The van der Waals surface area contributed by atoms with Gasteiger partial charge in [-0.25, -0.2) is 0 Å². The molecule has 0 atom stereocenters. The largest absolute Gasteiger partial charge is 0.347 e. The molecule has 1 heterocycles. The van der Waals surface area contributed by atoms with Crippen LogP contribution in [0, 0.1) is 16.0 Å². The molecule has 92 valence electrons. The smallest absolute Gasteiger partial charge is 0.270 e. The molecule has 2 rings (SSSR count). The summed E-state index contributed by atoms with van der Waals surface area (Å²) in [6.45, 7) is 5.23. The molecular weight excluding hydrogens is 218 g/mol. The number of aromatic nitrogens is 1. The van der Waals surface area contributed by atoms with E-state index in [2.05, 4.69) is 18.4 Å². The van der Waals surface area contributed by atoms with Crippen LogP contribution >= 0.6 is 0 Å². The highest BCUT2D eigenvalue weighted by Crippen LogP contribution is 2.22. The summed E-state index contributed by atoms with van der Waals surface area (Å²) in [5, 5.41) is 11.6.